The lowest BCUT2D eigenvalue weighted by atomic mass is 10.0. The highest BCUT2D eigenvalue weighted by Gasteiger charge is 2.28. The number of halogens is 1. The highest BCUT2D eigenvalue weighted by atomic mass is 35.5. The third-order valence-electron chi connectivity index (χ3n) is 4.53. The molecule has 182 valence electrons. The van der Waals surface area contributed by atoms with Crippen LogP contribution in [0.25, 0.3) is 0 Å². The second-order valence-corrected chi connectivity index (χ2v) is 10.2. The molecule has 2 atom stereocenters. The Morgan fingerprint density at radius 3 is 2.82 bits per heavy atom. The number of rotatable bonds is 6. The molecular weight excluding hydrogens is 484 g/mol. The quantitative estimate of drug-likeness (QED) is 0.342. The van der Waals surface area contributed by atoms with E-state index in [1.807, 2.05) is 19.2 Å². The van der Waals surface area contributed by atoms with Gasteiger partial charge in [-0.1, -0.05) is 26.8 Å². The SMILES string of the molecule is CCCS/C1=N\CC(=O)NC(C(C)C)C(=O)O[C@H](/C=C/CCCl)CC(=O)NCc2nc1cs2. The number of hydrogen-bond acceptors (Lipinski definition) is 8. The van der Waals surface area contributed by atoms with Crippen molar-refractivity contribution in [1.29, 1.82) is 0 Å². The lowest BCUT2D eigenvalue weighted by Gasteiger charge is -2.23. The molecule has 2 heterocycles. The summed E-state index contributed by atoms with van der Waals surface area (Å²) in [4.78, 5) is 47.1. The van der Waals surface area contributed by atoms with Gasteiger partial charge in [-0.15, -0.1) is 34.7 Å². The van der Waals surface area contributed by atoms with Gasteiger partial charge in [0.1, 0.15) is 34.4 Å². The third-order valence-corrected chi connectivity index (χ3v) is 6.83. The number of allylic oxidation sites excluding steroid dienone is 1. The summed E-state index contributed by atoms with van der Waals surface area (Å²) < 4.78 is 5.60. The summed E-state index contributed by atoms with van der Waals surface area (Å²) in [5, 5.41) is 8.84. The summed E-state index contributed by atoms with van der Waals surface area (Å²) in [6, 6.07) is -0.856. The van der Waals surface area contributed by atoms with Crippen molar-refractivity contribution in [3.05, 3.63) is 28.2 Å². The zero-order valence-corrected chi connectivity index (χ0v) is 21.5. The summed E-state index contributed by atoms with van der Waals surface area (Å²) in [6.07, 6.45) is 4.15. The molecule has 2 bridgehead atoms. The Morgan fingerprint density at radius 1 is 1.33 bits per heavy atom. The fourth-order valence-corrected chi connectivity index (χ4v) is 4.59. The maximum atomic E-state index is 12.9. The predicted molar refractivity (Wildman–Crippen MR) is 134 cm³/mol. The van der Waals surface area contributed by atoms with Crippen molar-refractivity contribution in [2.45, 2.75) is 58.7 Å². The summed E-state index contributed by atoms with van der Waals surface area (Å²) in [7, 11) is 0. The molecule has 2 amide bonds. The number of ether oxygens (including phenoxy) is 1. The first-order valence-electron chi connectivity index (χ1n) is 10.9. The van der Waals surface area contributed by atoms with Crippen molar-refractivity contribution < 1.29 is 19.1 Å². The molecular formula is C22H31ClN4O4S2. The second kappa shape index (κ2) is 14.4. The van der Waals surface area contributed by atoms with E-state index in [-0.39, 0.29) is 37.2 Å². The van der Waals surface area contributed by atoms with Crippen LogP contribution >= 0.6 is 34.7 Å². The van der Waals surface area contributed by atoms with E-state index in [4.69, 9.17) is 16.3 Å². The number of carbonyl (C=O) groups excluding carboxylic acids is 3. The molecule has 0 radical (unpaired) electrons. The highest BCUT2D eigenvalue weighted by molar-refractivity contribution is 8.14. The average molecular weight is 515 g/mol. The van der Waals surface area contributed by atoms with E-state index in [9.17, 15) is 14.4 Å². The Bertz CT molecular complexity index is 872. The monoisotopic (exact) mass is 514 g/mol. The number of cyclic esters (lactones) is 1. The maximum Gasteiger partial charge on any atom is 0.329 e. The normalized spacial score (nSPS) is 22.6. The number of thiazole rings is 1. The molecule has 0 aromatic carbocycles. The van der Waals surface area contributed by atoms with Crippen molar-refractivity contribution in [2.75, 3.05) is 18.2 Å². The highest BCUT2D eigenvalue weighted by Crippen LogP contribution is 2.19. The number of aliphatic imine (C=N–C) groups is 1. The molecule has 33 heavy (non-hydrogen) atoms. The van der Waals surface area contributed by atoms with Crippen LogP contribution in [0.3, 0.4) is 0 Å². The van der Waals surface area contributed by atoms with E-state index in [0.717, 1.165) is 17.2 Å². The Balaban J connectivity index is 2.32. The van der Waals surface area contributed by atoms with Crippen LogP contribution in [0.4, 0.5) is 0 Å². The first-order chi connectivity index (χ1) is 15.8. The largest absolute Gasteiger partial charge is 0.456 e. The van der Waals surface area contributed by atoms with Crippen molar-refractivity contribution in [2.24, 2.45) is 10.9 Å². The first-order valence-corrected chi connectivity index (χ1v) is 13.3. The minimum absolute atomic E-state index is 0.0411. The fraction of sp³-hybridized carbons (Fsp3) is 0.591. The molecule has 0 spiro atoms. The van der Waals surface area contributed by atoms with Gasteiger partial charge in [-0.2, -0.15) is 0 Å². The van der Waals surface area contributed by atoms with Crippen LogP contribution in [-0.4, -0.2) is 58.1 Å². The molecule has 1 unspecified atom stereocenters. The Kier molecular flexibility index (Phi) is 11.9. The van der Waals surface area contributed by atoms with Gasteiger partial charge in [-0.25, -0.2) is 9.78 Å². The lowest BCUT2D eigenvalue weighted by Crippen LogP contribution is -2.47. The van der Waals surface area contributed by atoms with E-state index < -0.39 is 18.1 Å². The molecule has 0 aliphatic carbocycles. The molecule has 2 N–H and O–H groups in total. The zero-order valence-electron chi connectivity index (χ0n) is 19.1. The van der Waals surface area contributed by atoms with Crippen molar-refractivity contribution in [1.82, 2.24) is 15.6 Å². The number of aromatic nitrogens is 1. The summed E-state index contributed by atoms with van der Waals surface area (Å²) in [5.74, 6) is -0.198. The van der Waals surface area contributed by atoms with Crippen LogP contribution in [0.5, 0.6) is 0 Å². The topological polar surface area (TPSA) is 110 Å². The standard InChI is InChI=1S/C22H31ClN4O4S2/c1-4-9-32-21-16-13-33-19(26-16)12-24-17(28)10-15(7-5-6-8-23)31-22(30)20(14(2)3)27-18(29)11-25-21/h5,7,13-15,20H,4,6,8-12H2,1-3H3,(H,24,28)(H,27,29)/b7-5+,25-21-/t15-,20?/m1/s1. The van der Waals surface area contributed by atoms with Crippen LogP contribution in [0.15, 0.2) is 22.5 Å². The van der Waals surface area contributed by atoms with Gasteiger partial charge in [0, 0.05) is 11.3 Å². The van der Waals surface area contributed by atoms with E-state index >= 15 is 0 Å². The minimum atomic E-state index is -0.856. The van der Waals surface area contributed by atoms with Crippen molar-refractivity contribution in [3.8, 4) is 0 Å². The minimum Gasteiger partial charge on any atom is -0.456 e. The molecule has 11 heteroatoms. The van der Waals surface area contributed by atoms with Gasteiger partial charge >= 0.3 is 5.97 Å². The van der Waals surface area contributed by atoms with E-state index in [2.05, 4.69) is 27.5 Å². The predicted octanol–water partition coefficient (Wildman–Crippen LogP) is 3.29. The molecule has 0 saturated carbocycles. The summed E-state index contributed by atoms with van der Waals surface area (Å²) in [5.41, 5.74) is 0.685. The first kappa shape index (κ1) is 27.3. The number of thioether (sulfide) groups is 1. The number of carbonyl (C=O) groups is 3. The van der Waals surface area contributed by atoms with Gasteiger partial charge < -0.3 is 15.4 Å². The number of nitrogens with one attached hydrogen (secondary N) is 2. The molecule has 1 aromatic heterocycles. The molecule has 8 nitrogen and oxygen atoms in total. The van der Waals surface area contributed by atoms with E-state index in [0.29, 0.717) is 23.0 Å². The lowest BCUT2D eigenvalue weighted by molar-refractivity contribution is -0.153. The molecule has 2 rings (SSSR count). The van der Waals surface area contributed by atoms with Crippen LogP contribution in [-0.2, 0) is 25.7 Å². The molecule has 1 aliphatic rings. The number of fused-ring (bicyclic) bond motifs is 2. The van der Waals surface area contributed by atoms with Gasteiger partial charge in [0.15, 0.2) is 0 Å². The van der Waals surface area contributed by atoms with Gasteiger partial charge in [-0.05, 0) is 30.6 Å². The number of esters is 1. The molecule has 1 aliphatic heterocycles. The number of amides is 2. The van der Waals surface area contributed by atoms with Gasteiger partial charge in [0.05, 0.1) is 13.0 Å². The maximum absolute atomic E-state index is 12.9. The Hall–Kier alpha value is -1.91. The van der Waals surface area contributed by atoms with Gasteiger partial charge in [0.25, 0.3) is 0 Å². The van der Waals surface area contributed by atoms with E-state index in [1.54, 1.807) is 12.2 Å². The number of alkyl halides is 1. The Labute approximate surface area is 208 Å². The zero-order chi connectivity index (χ0) is 24.2. The van der Waals surface area contributed by atoms with Crippen LogP contribution in [0.1, 0.15) is 50.7 Å². The third kappa shape index (κ3) is 9.46. The molecule has 0 fully saturated rings. The Morgan fingerprint density at radius 2 is 2.12 bits per heavy atom. The van der Waals surface area contributed by atoms with E-state index in [1.165, 1.54) is 23.1 Å². The average Bonchev–Trinajstić information content (AvgIpc) is 3.24. The smallest absolute Gasteiger partial charge is 0.329 e. The molecule has 0 saturated heterocycles. The number of hydrogen-bond donors (Lipinski definition) is 2. The van der Waals surface area contributed by atoms with Gasteiger partial charge in [0.2, 0.25) is 11.8 Å². The number of nitrogens with zero attached hydrogens (tertiary/aromatic N) is 2. The fourth-order valence-electron chi connectivity index (χ4n) is 2.86. The van der Waals surface area contributed by atoms with Crippen molar-refractivity contribution in [3.63, 3.8) is 0 Å². The molecule has 1 aromatic rings. The van der Waals surface area contributed by atoms with Crippen LogP contribution < -0.4 is 10.6 Å². The summed E-state index contributed by atoms with van der Waals surface area (Å²) in [6.45, 7) is 5.84. The van der Waals surface area contributed by atoms with Crippen molar-refractivity contribution >= 4 is 57.5 Å². The second-order valence-electron chi connectivity index (χ2n) is 7.75. The van der Waals surface area contributed by atoms with Crippen LogP contribution in [0.2, 0.25) is 0 Å². The van der Waals surface area contributed by atoms with Crippen LogP contribution in [0, 0.1) is 5.92 Å². The summed E-state index contributed by atoms with van der Waals surface area (Å²) >= 11 is 8.67. The van der Waals surface area contributed by atoms with Gasteiger partial charge in [-0.3, -0.25) is 14.6 Å².